The molecule has 0 heterocycles. The van der Waals surface area contributed by atoms with Gasteiger partial charge in [0.25, 0.3) is 5.91 Å². The topological polar surface area (TPSA) is 55.4 Å². The molecule has 0 bridgehead atoms. The number of hydrogen-bond acceptors (Lipinski definition) is 3. The van der Waals surface area contributed by atoms with Crippen molar-refractivity contribution in [2.24, 2.45) is 0 Å². The van der Waals surface area contributed by atoms with Crippen LogP contribution in [0.25, 0.3) is 0 Å². The monoisotopic (exact) mass is 357 g/mol. The Kier molecular flexibility index (Phi) is 5.33. The van der Waals surface area contributed by atoms with E-state index < -0.39 is 17.9 Å². The van der Waals surface area contributed by atoms with Crippen molar-refractivity contribution in [1.82, 2.24) is 5.32 Å². The molecule has 0 aliphatic heterocycles. The molecule has 0 spiro atoms. The summed E-state index contributed by atoms with van der Waals surface area (Å²) >= 11 is 3.10. The van der Waals surface area contributed by atoms with Crippen molar-refractivity contribution in [3.63, 3.8) is 0 Å². The summed E-state index contributed by atoms with van der Waals surface area (Å²) in [4.78, 5) is 23.9. The van der Waals surface area contributed by atoms with Gasteiger partial charge in [-0.3, -0.25) is 4.79 Å². The summed E-state index contributed by atoms with van der Waals surface area (Å²) in [5, 5.41) is 2.87. The predicted octanol–water partition coefficient (Wildman–Crippen LogP) is 3.19. The molecule has 1 N–H and O–H groups in total. The Morgan fingerprint density at radius 3 is 2.67 bits per heavy atom. The largest absolute Gasteiger partial charge is 0.449 e. The third kappa shape index (κ3) is 4.27. The molecule has 6 heteroatoms. The van der Waals surface area contributed by atoms with E-state index in [1.807, 2.05) is 0 Å². The number of rotatable bonds is 4. The fraction of sp³-hybridized carbons (Fsp3) is 0.467. The molecule has 1 aromatic rings. The maximum Gasteiger partial charge on any atom is 0.340 e. The van der Waals surface area contributed by atoms with E-state index in [1.54, 1.807) is 0 Å². The lowest BCUT2D eigenvalue weighted by molar-refractivity contribution is -0.129. The first-order valence-electron chi connectivity index (χ1n) is 6.94. The van der Waals surface area contributed by atoms with Crippen LogP contribution in [0.3, 0.4) is 0 Å². The molecule has 0 radical (unpaired) electrons. The lowest BCUT2D eigenvalue weighted by Crippen LogP contribution is -2.40. The van der Waals surface area contributed by atoms with Gasteiger partial charge in [-0.1, -0.05) is 12.8 Å². The van der Waals surface area contributed by atoms with E-state index in [9.17, 15) is 14.0 Å². The van der Waals surface area contributed by atoms with E-state index in [1.165, 1.54) is 25.1 Å². The molecule has 2 rings (SSSR count). The second-order valence-electron chi connectivity index (χ2n) is 5.16. The van der Waals surface area contributed by atoms with E-state index >= 15 is 0 Å². The Hall–Kier alpha value is -1.43. The molecule has 4 nitrogen and oxygen atoms in total. The third-order valence-corrected chi connectivity index (χ3v) is 4.16. The second-order valence-corrected chi connectivity index (χ2v) is 6.02. The van der Waals surface area contributed by atoms with Gasteiger partial charge in [0.15, 0.2) is 6.10 Å². The number of carbonyl (C=O) groups excluding carboxylic acids is 2. The van der Waals surface area contributed by atoms with Crippen molar-refractivity contribution in [3.8, 4) is 0 Å². The normalized spacial score (nSPS) is 16.5. The molecule has 1 amide bonds. The lowest BCUT2D eigenvalue weighted by Gasteiger charge is -2.17. The van der Waals surface area contributed by atoms with E-state index in [4.69, 9.17) is 4.74 Å². The Labute approximate surface area is 131 Å². The van der Waals surface area contributed by atoms with Crippen LogP contribution in [0.1, 0.15) is 43.0 Å². The molecular weight excluding hydrogens is 341 g/mol. The minimum atomic E-state index is -0.880. The van der Waals surface area contributed by atoms with Gasteiger partial charge in [-0.15, -0.1) is 0 Å². The van der Waals surface area contributed by atoms with Crippen molar-refractivity contribution in [1.29, 1.82) is 0 Å². The smallest absolute Gasteiger partial charge is 0.340 e. The molecule has 1 saturated carbocycles. The first kappa shape index (κ1) is 15.9. The maximum atomic E-state index is 13.0. The third-order valence-electron chi connectivity index (χ3n) is 3.51. The quantitative estimate of drug-likeness (QED) is 0.841. The minimum Gasteiger partial charge on any atom is -0.449 e. The number of ether oxygens (including phenoxy) is 1. The predicted molar refractivity (Wildman–Crippen MR) is 79.4 cm³/mol. The van der Waals surface area contributed by atoms with Gasteiger partial charge in [0.2, 0.25) is 0 Å². The molecule has 1 aromatic carbocycles. The molecule has 1 aliphatic carbocycles. The molecular formula is C15H17BrFNO3. The number of benzene rings is 1. The van der Waals surface area contributed by atoms with Crippen LogP contribution < -0.4 is 5.32 Å². The highest BCUT2D eigenvalue weighted by atomic mass is 79.9. The summed E-state index contributed by atoms with van der Waals surface area (Å²) in [6.07, 6.45) is 3.28. The Morgan fingerprint density at radius 2 is 2.05 bits per heavy atom. The molecule has 1 aliphatic rings. The summed E-state index contributed by atoms with van der Waals surface area (Å²) < 4.78 is 18.4. The Bertz CT molecular complexity index is 544. The first-order valence-corrected chi connectivity index (χ1v) is 7.73. The zero-order valence-corrected chi connectivity index (χ0v) is 13.3. The van der Waals surface area contributed by atoms with E-state index in [0.717, 1.165) is 25.7 Å². The van der Waals surface area contributed by atoms with Crippen LogP contribution >= 0.6 is 15.9 Å². The summed E-state index contributed by atoms with van der Waals surface area (Å²) in [5.74, 6) is -1.41. The maximum absolute atomic E-state index is 13.0. The van der Waals surface area contributed by atoms with Crippen molar-refractivity contribution in [2.45, 2.75) is 44.8 Å². The van der Waals surface area contributed by atoms with Crippen LogP contribution in [-0.4, -0.2) is 24.0 Å². The standard InChI is InChI=1S/C15H17BrFNO3/c1-9(14(19)18-11-4-2-3-5-11)21-15(20)12-7-6-10(17)8-13(12)16/h6-9,11H,2-5H2,1H3,(H,18,19)/t9-/m0/s1. The first-order chi connectivity index (χ1) is 9.97. The number of carbonyl (C=O) groups is 2. The van der Waals surface area contributed by atoms with Crippen molar-refractivity contribution in [3.05, 3.63) is 34.1 Å². The lowest BCUT2D eigenvalue weighted by atomic mass is 10.2. The summed E-state index contributed by atoms with van der Waals surface area (Å²) in [6, 6.07) is 3.85. The number of amides is 1. The van der Waals surface area contributed by atoms with Gasteiger partial charge in [-0.05, 0) is 53.9 Å². The highest BCUT2D eigenvalue weighted by Crippen LogP contribution is 2.20. The fourth-order valence-corrected chi connectivity index (χ4v) is 2.83. The van der Waals surface area contributed by atoms with Crippen molar-refractivity contribution >= 4 is 27.8 Å². The average Bonchev–Trinajstić information content (AvgIpc) is 2.91. The van der Waals surface area contributed by atoms with Crippen LogP contribution in [0.2, 0.25) is 0 Å². The molecule has 1 fully saturated rings. The number of halogens is 2. The van der Waals surface area contributed by atoms with Gasteiger partial charge in [-0.2, -0.15) is 0 Å². The number of nitrogens with one attached hydrogen (secondary N) is 1. The zero-order valence-electron chi connectivity index (χ0n) is 11.7. The summed E-state index contributed by atoms with van der Waals surface area (Å²) in [5.41, 5.74) is 0.192. The molecule has 0 unspecified atom stereocenters. The minimum absolute atomic E-state index is 0.177. The van der Waals surface area contributed by atoms with Gasteiger partial charge in [0.1, 0.15) is 5.82 Å². The van der Waals surface area contributed by atoms with Gasteiger partial charge in [0.05, 0.1) is 5.56 Å². The summed E-state index contributed by atoms with van der Waals surface area (Å²) in [6.45, 7) is 1.53. The van der Waals surface area contributed by atoms with Crippen molar-refractivity contribution in [2.75, 3.05) is 0 Å². The zero-order chi connectivity index (χ0) is 15.4. The molecule has 1 atom stereocenters. The van der Waals surface area contributed by atoms with Crippen LogP contribution in [0, 0.1) is 5.82 Å². The average molecular weight is 358 g/mol. The Balaban J connectivity index is 1.93. The van der Waals surface area contributed by atoms with Crippen LogP contribution in [0.15, 0.2) is 22.7 Å². The van der Waals surface area contributed by atoms with Crippen LogP contribution in [0.5, 0.6) is 0 Å². The highest BCUT2D eigenvalue weighted by molar-refractivity contribution is 9.10. The van der Waals surface area contributed by atoms with E-state index in [0.29, 0.717) is 4.47 Å². The number of esters is 1. The second kappa shape index (κ2) is 7.02. The fourth-order valence-electron chi connectivity index (χ4n) is 2.32. The van der Waals surface area contributed by atoms with Gasteiger partial charge < -0.3 is 10.1 Å². The Morgan fingerprint density at radius 1 is 1.38 bits per heavy atom. The van der Waals surface area contributed by atoms with Crippen LogP contribution in [0.4, 0.5) is 4.39 Å². The highest BCUT2D eigenvalue weighted by Gasteiger charge is 2.24. The van der Waals surface area contributed by atoms with Gasteiger partial charge >= 0.3 is 5.97 Å². The molecule has 114 valence electrons. The van der Waals surface area contributed by atoms with Gasteiger partial charge in [-0.25, -0.2) is 9.18 Å². The number of hydrogen-bond donors (Lipinski definition) is 1. The van der Waals surface area contributed by atoms with Crippen molar-refractivity contribution < 1.29 is 18.7 Å². The summed E-state index contributed by atoms with van der Waals surface area (Å²) in [7, 11) is 0. The molecule has 21 heavy (non-hydrogen) atoms. The van der Waals surface area contributed by atoms with Crippen LogP contribution in [-0.2, 0) is 9.53 Å². The molecule has 0 aromatic heterocycles. The van der Waals surface area contributed by atoms with E-state index in [-0.39, 0.29) is 17.5 Å². The van der Waals surface area contributed by atoms with Gasteiger partial charge in [0, 0.05) is 10.5 Å². The SMILES string of the molecule is C[C@H](OC(=O)c1ccc(F)cc1Br)C(=O)NC1CCCC1. The van der Waals surface area contributed by atoms with E-state index in [2.05, 4.69) is 21.2 Å². The molecule has 0 saturated heterocycles.